The Morgan fingerprint density at radius 3 is 2.67 bits per heavy atom. The summed E-state index contributed by atoms with van der Waals surface area (Å²) in [7, 11) is 1.69. The third kappa shape index (κ3) is 4.27. The molecule has 2 atom stereocenters. The van der Waals surface area contributed by atoms with E-state index in [0.29, 0.717) is 13.1 Å². The molecule has 1 amide bonds. The Morgan fingerprint density at radius 1 is 1.38 bits per heavy atom. The van der Waals surface area contributed by atoms with Crippen molar-refractivity contribution in [3.63, 3.8) is 0 Å². The highest BCUT2D eigenvalue weighted by atomic mass is 19.4. The zero-order valence-electron chi connectivity index (χ0n) is 13.9. The quantitative estimate of drug-likeness (QED) is 0.893. The van der Waals surface area contributed by atoms with E-state index in [4.69, 9.17) is 0 Å². The summed E-state index contributed by atoms with van der Waals surface area (Å²) < 4.78 is 39.7. The van der Waals surface area contributed by atoms with Crippen LogP contribution < -0.4 is 0 Å². The average molecular weight is 344 g/mol. The first-order chi connectivity index (χ1) is 11.2. The van der Waals surface area contributed by atoms with Crippen molar-refractivity contribution in [3.8, 4) is 0 Å². The van der Waals surface area contributed by atoms with Crippen molar-refractivity contribution >= 4 is 5.91 Å². The van der Waals surface area contributed by atoms with Gasteiger partial charge in [-0.15, -0.1) is 0 Å². The minimum absolute atomic E-state index is 0.0539. The van der Waals surface area contributed by atoms with Gasteiger partial charge in [0, 0.05) is 39.1 Å². The summed E-state index contributed by atoms with van der Waals surface area (Å²) in [5, 5.41) is 9.93. The summed E-state index contributed by atoms with van der Waals surface area (Å²) in [4.78, 5) is 15.3. The van der Waals surface area contributed by atoms with Gasteiger partial charge < -0.3 is 10.0 Å². The average Bonchev–Trinajstić information content (AvgIpc) is 2.91. The van der Waals surface area contributed by atoms with E-state index in [-0.39, 0.29) is 30.9 Å². The summed E-state index contributed by atoms with van der Waals surface area (Å²) in [5.74, 6) is -0.0539. The Hall–Kier alpha value is -1.60. The maximum atomic E-state index is 13.2. The first kappa shape index (κ1) is 18.7. The van der Waals surface area contributed by atoms with Gasteiger partial charge in [0.25, 0.3) is 0 Å². The van der Waals surface area contributed by atoms with E-state index >= 15 is 0 Å². The molecule has 7 heteroatoms. The van der Waals surface area contributed by atoms with Crippen LogP contribution in [0.2, 0.25) is 0 Å². The summed E-state index contributed by atoms with van der Waals surface area (Å²) in [5.41, 5.74) is -0.510. The third-order valence-electron chi connectivity index (χ3n) is 4.52. The number of nitrogens with zero attached hydrogens (tertiary/aromatic N) is 2. The Balaban J connectivity index is 2.18. The van der Waals surface area contributed by atoms with Crippen LogP contribution in [0.1, 0.15) is 36.9 Å². The van der Waals surface area contributed by atoms with Crippen LogP contribution in [0.4, 0.5) is 13.2 Å². The molecule has 0 bridgehead atoms. The number of rotatable bonds is 5. The molecule has 0 saturated carbocycles. The molecule has 4 nitrogen and oxygen atoms in total. The summed E-state index contributed by atoms with van der Waals surface area (Å²) in [6, 6.07) is 4.93. The Labute approximate surface area is 139 Å². The number of carbonyl (C=O) groups excluding carboxylic acids is 1. The fraction of sp³-hybridized carbons (Fsp3) is 0.588. The van der Waals surface area contributed by atoms with Gasteiger partial charge in [-0.3, -0.25) is 9.69 Å². The van der Waals surface area contributed by atoms with Crippen molar-refractivity contribution in [1.82, 2.24) is 9.80 Å². The van der Waals surface area contributed by atoms with Gasteiger partial charge in [-0.25, -0.2) is 0 Å². The Kier molecular flexibility index (Phi) is 5.87. The lowest BCUT2D eigenvalue weighted by Crippen LogP contribution is -2.33. The van der Waals surface area contributed by atoms with E-state index in [1.807, 2.05) is 6.92 Å². The lowest BCUT2D eigenvalue weighted by molar-refractivity contribution is -0.139. The molecule has 1 saturated heterocycles. The number of hydrogen-bond acceptors (Lipinski definition) is 3. The summed E-state index contributed by atoms with van der Waals surface area (Å²) >= 11 is 0. The van der Waals surface area contributed by atoms with E-state index in [9.17, 15) is 23.1 Å². The predicted molar refractivity (Wildman–Crippen MR) is 84.3 cm³/mol. The van der Waals surface area contributed by atoms with Crippen LogP contribution in [-0.2, 0) is 11.0 Å². The molecule has 1 aliphatic heterocycles. The van der Waals surface area contributed by atoms with Gasteiger partial charge >= 0.3 is 6.18 Å². The molecule has 0 unspecified atom stereocenters. The summed E-state index contributed by atoms with van der Waals surface area (Å²) in [6.45, 7) is 3.05. The van der Waals surface area contributed by atoms with Gasteiger partial charge in [-0.05, 0) is 25.0 Å². The topological polar surface area (TPSA) is 43.8 Å². The van der Waals surface area contributed by atoms with Gasteiger partial charge in [-0.2, -0.15) is 13.2 Å². The largest absolute Gasteiger partial charge is 0.416 e. The van der Waals surface area contributed by atoms with Crippen molar-refractivity contribution < 1.29 is 23.1 Å². The fourth-order valence-corrected chi connectivity index (χ4v) is 3.10. The molecule has 1 aromatic carbocycles. The number of hydrogen-bond donors (Lipinski definition) is 1. The number of carbonyl (C=O) groups is 1. The zero-order chi connectivity index (χ0) is 17.9. The van der Waals surface area contributed by atoms with Gasteiger partial charge in [0.2, 0.25) is 5.91 Å². The SMILES string of the molecule is CCN(C)C(=O)CCN1C[C@H](O)C[C@@H]1c1ccccc1C(F)(F)F. The Bertz CT molecular complexity index is 577. The highest BCUT2D eigenvalue weighted by Gasteiger charge is 2.39. The molecule has 134 valence electrons. The maximum Gasteiger partial charge on any atom is 0.416 e. The normalized spacial score (nSPS) is 21.9. The lowest BCUT2D eigenvalue weighted by Gasteiger charge is -2.27. The van der Waals surface area contributed by atoms with E-state index in [1.54, 1.807) is 22.9 Å². The highest BCUT2D eigenvalue weighted by molar-refractivity contribution is 5.76. The molecule has 1 aliphatic rings. The van der Waals surface area contributed by atoms with Crippen LogP contribution >= 0.6 is 0 Å². The number of benzene rings is 1. The number of β-amino-alcohol motifs (C(OH)–C–C–N with tert-alkyl or cyclic N) is 1. The van der Waals surface area contributed by atoms with Gasteiger partial charge in [-0.1, -0.05) is 18.2 Å². The molecule has 24 heavy (non-hydrogen) atoms. The smallest absolute Gasteiger partial charge is 0.392 e. The molecule has 0 aromatic heterocycles. The first-order valence-electron chi connectivity index (χ1n) is 8.06. The number of aliphatic hydroxyl groups is 1. The van der Waals surface area contributed by atoms with Crippen molar-refractivity contribution in [2.75, 3.05) is 26.7 Å². The molecule has 1 N–H and O–H groups in total. The first-order valence-corrected chi connectivity index (χ1v) is 8.06. The lowest BCUT2D eigenvalue weighted by atomic mass is 9.97. The van der Waals surface area contributed by atoms with Crippen LogP contribution in [0.25, 0.3) is 0 Å². The molecule has 2 rings (SSSR count). The molecule has 1 aromatic rings. The standard InChI is InChI=1S/C17H23F3N2O2/c1-3-21(2)16(24)8-9-22-11-12(23)10-15(22)13-6-4-5-7-14(13)17(18,19)20/h4-7,12,15,23H,3,8-11H2,1-2H3/t12-,15-/m1/s1. The van der Waals surface area contributed by atoms with Gasteiger partial charge in [0.15, 0.2) is 0 Å². The van der Waals surface area contributed by atoms with Crippen LogP contribution in [-0.4, -0.2) is 53.6 Å². The monoisotopic (exact) mass is 344 g/mol. The van der Waals surface area contributed by atoms with Crippen molar-refractivity contribution in [2.24, 2.45) is 0 Å². The number of alkyl halides is 3. The second kappa shape index (κ2) is 7.53. The van der Waals surface area contributed by atoms with Crippen LogP contribution in [0, 0.1) is 0 Å². The molecule has 0 spiro atoms. The number of halogens is 3. The third-order valence-corrected chi connectivity index (χ3v) is 4.52. The molecular weight excluding hydrogens is 321 g/mol. The summed E-state index contributed by atoms with van der Waals surface area (Å²) in [6.07, 6.45) is -4.66. The van der Waals surface area contributed by atoms with E-state index in [0.717, 1.165) is 6.07 Å². The Morgan fingerprint density at radius 2 is 2.04 bits per heavy atom. The molecule has 1 heterocycles. The fourth-order valence-electron chi connectivity index (χ4n) is 3.10. The van der Waals surface area contributed by atoms with Crippen LogP contribution in [0.5, 0.6) is 0 Å². The number of aliphatic hydroxyl groups excluding tert-OH is 1. The zero-order valence-corrected chi connectivity index (χ0v) is 13.9. The minimum atomic E-state index is -4.44. The van der Waals surface area contributed by atoms with Gasteiger partial charge in [0.05, 0.1) is 11.7 Å². The predicted octanol–water partition coefficient (Wildman–Crippen LogP) is 2.68. The van der Waals surface area contributed by atoms with Crippen molar-refractivity contribution in [3.05, 3.63) is 35.4 Å². The van der Waals surface area contributed by atoms with E-state index < -0.39 is 23.9 Å². The highest BCUT2D eigenvalue weighted by Crippen LogP contribution is 2.40. The number of amides is 1. The maximum absolute atomic E-state index is 13.2. The van der Waals surface area contributed by atoms with Crippen molar-refractivity contribution in [2.45, 2.75) is 38.1 Å². The second-order valence-electron chi connectivity index (χ2n) is 6.14. The van der Waals surface area contributed by atoms with Crippen LogP contribution in [0.15, 0.2) is 24.3 Å². The molecular formula is C17H23F3N2O2. The second-order valence-corrected chi connectivity index (χ2v) is 6.14. The molecule has 1 fully saturated rings. The van der Waals surface area contributed by atoms with Gasteiger partial charge in [0.1, 0.15) is 0 Å². The minimum Gasteiger partial charge on any atom is -0.392 e. The molecule has 0 aliphatic carbocycles. The van der Waals surface area contributed by atoms with Crippen molar-refractivity contribution in [1.29, 1.82) is 0 Å². The van der Waals surface area contributed by atoms with E-state index in [2.05, 4.69) is 0 Å². The van der Waals surface area contributed by atoms with Crippen LogP contribution in [0.3, 0.4) is 0 Å². The molecule has 0 radical (unpaired) electrons. The van der Waals surface area contributed by atoms with E-state index in [1.165, 1.54) is 12.1 Å². The number of likely N-dealkylation sites (tertiary alicyclic amines) is 1.